The Labute approximate surface area is 268 Å². The molecule has 4 nitrogen and oxygen atoms in total. The number of furan rings is 2. The molecule has 0 bridgehead atoms. The highest BCUT2D eigenvalue weighted by Gasteiger charge is 2.18. The smallest absolute Gasteiger partial charge is 0.136 e. The number of rotatable bonds is 3. The van der Waals surface area contributed by atoms with Crippen molar-refractivity contribution in [1.82, 2.24) is 4.57 Å². The van der Waals surface area contributed by atoms with Gasteiger partial charge in [0.25, 0.3) is 0 Å². The fourth-order valence-electron chi connectivity index (χ4n) is 7.27. The van der Waals surface area contributed by atoms with Crippen LogP contribution in [-0.2, 0) is 0 Å². The summed E-state index contributed by atoms with van der Waals surface area (Å²) in [6.07, 6.45) is 0. The van der Waals surface area contributed by atoms with Gasteiger partial charge in [0.05, 0.1) is 22.7 Å². The van der Waals surface area contributed by atoms with Crippen molar-refractivity contribution in [2.45, 2.75) is 0 Å². The number of hydrogen-bond acceptors (Lipinski definition) is 3. The predicted molar refractivity (Wildman–Crippen MR) is 191 cm³/mol. The van der Waals surface area contributed by atoms with Crippen molar-refractivity contribution in [2.75, 3.05) is 0 Å². The molecule has 10 rings (SSSR count). The molecule has 7 aromatic carbocycles. The molecule has 0 atom stereocenters. The van der Waals surface area contributed by atoms with Gasteiger partial charge in [-0.1, -0.05) is 78.9 Å². The van der Waals surface area contributed by atoms with Crippen LogP contribution in [0.25, 0.3) is 93.6 Å². The summed E-state index contributed by atoms with van der Waals surface area (Å²) in [5.41, 5.74) is 11.4. The van der Waals surface area contributed by atoms with Gasteiger partial charge in [0.15, 0.2) is 0 Å². The third-order valence-corrected chi connectivity index (χ3v) is 9.42. The lowest BCUT2D eigenvalue weighted by molar-refractivity contribution is 0.669. The highest BCUT2D eigenvalue weighted by atomic mass is 16.3. The number of nitriles is 1. The summed E-state index contributed by atoms with van der Waals surface area (Å²) in [5.74, 6) is 0. The number of fused-ring (bicyclic) bond motifs is 9. The Morgan fingerprint density at radius 3 is 1.87 bits per heavy atom. The quantitative estimate of drug-likeness (QED) is 0.203. The second kappa shape index (κ2) is 9.71. The summed E-state index contributed by atoms with van der Waals surface area (Å²) >= 11 is 0. The van der Waals surface area contributed by atoms with Gasteiger partial charge in [-0.2, -0.15) is 5.26 Å². The maximum Gasteiger partial charge on any atom is 0.136 e. The molecule has 3 heterocycles. The molecule has 0 amide bonds. The van der Waals surface area contributed by atoms with Crippen LogP contribution in [0.4, 0.5) is 0 Å². The van der Waals surface area contributed by atoms with Crippen LogP contribution in [0.3, 0.4) is 0 Å². The number of para-hydroxylation sites is 3. The van der Waals surface area contributed by atoms with Crippen molar-refractivity contribution in [1.29, 1.82) is 5.26 Å². The zero-order valence-electron chi connectivity index (χ0n) is 25.1. The Balaban J connectivity index is 1.30. The van der Waals surface area contributed by atoms with E-state index >= 15 is 0 Å². The number of benzene rings is 7. The fraction of sp³-hybridized carbons (Fsp3) is 0. The Morgan fingerprint density at radius 1 is 0.426 bits per heavy atom. The molecule has 0 saturated carbocycles. The lowest BCUT2D eigenvalue weighted by Gasteiger charge is -2.15. The molecule has 3 aromatic heterocycles. The van der Waals surface area contributed by atoms with E-state index in [2.05, 4.69) is 102 Å². The summed E-state index contributed by atoms with van der Waals surface area (Å²) in [6.45, 7) is 0. The SMILES string of the molecule is N#Cc1ccccc1-c1cc(-c2ccc3oc4ccccc4c3c2)cc(-n2c3ccccc3c3cc4oc5ccccc5c4cc32)c1. The topological polar surface area (TPSA) is 55.0 Å². The van der Waals surface area contributed by atoms with E-state index in [0.717, 1.165) is 93.6 Å². The average Bonchev–Trinajstić information content (AvgIpc) is 3.79. The van der Waals surface area contributed by atoms with Gasteiger partial charge in [-0.25, -0.2) is 0 Å². The number of nitrogens with zero attached hydrogens (tertiary/aromatic N) is 2. The standard InChI is InChI=1S/C43H24N2O2/c44-25-27-9-1-2-10-31(27)29-19-28(26-17-18-42-36(22-26)33-12-4-7-15-40(33)46-42)20-30(21-29)45-38-14-6-3-11-32(38)35-24-43-37(23-39(35)45)34-13-5-8-16-41(34)47-43/h1-24H. The first-order valence-corrected chi connectivity index (χ1v) is 15.6. The second-order valence-electron chi connectivity index (χ2n) is 12.1. The largest absolute Gasteiger partial charge is 0.456 e. The van der Waals surface area contributed by atoms with Gasteiger partial charge >= 0.3 is 0 Å². The van der Waals surface area contributed by atoms with Gasteiger partial charge in [-0.15, -0.1) is 0 Å². The van der Waals surface area contributed by atoms with Gasteiger partial charge in [-0.05, 0) is 89.0 Å². The molecule has 0 saturated heterocycles. The second-order valence-corrected chi connectivity index (χ2v) is 12.1. The van der Waals surface area contributed by atoms with Crippen molar-refractivity contribution >= 4 is 65.7 Å². The molecular formula is C43H24N2O2. The van der Waals surface area contributed by atoms with Crippen molar-refractivity contribution in [3.05, 3.63) is 151 Å². The first-order chi connectivity index (χ1) is 23.2. The molecule has 0 aliphatic carbocycles. The van der Waals surface area contributed by atoms with E-state index in [1.807, 2.05) is 54.6 Å². The van der Waals surface area contributed by atoms with Gasteiger partial charge in [-0.3, -0.25) is 0 Å². The number of aromatic nitrogens is 1. The first kappa shape index (κ1) is 25.7. The molecule has 0 unspecified atom stereocenters. The molecule has 10 aromatic rings. The summed E-state index contributed by atoms with van der Waals surface area (Å²) in [4.78, 5) is 0. The summed E-state index contributed by atoms with van der Waals surface area (Å²) in [5, 5.41) is 16.7. The van der Waals surface area contributed by atoms with Gasteiger partial charge in [0.1, 0.15) is 22.3 Å². The third kappa shape index (κ3) is 3.81. The van der Waals surface area contributed by atoms with E-state index < -0.39 is 0 Å². The average molecular weight is 601 g/mol. The summed E-state index contributed by atoms with van der Waals surface area (Å²) < 4.78 is 14.8. The highest BCUT2D eigenvalue weighted by molar-refractivity contribution is 6.17. The molecule has 218 valence electrons. The minimum Gasteiger partial charge on any atom is -0.456 e. The van der Waals surface area contributed by atoms with E-state index in [0.29, 0.717) is 5.56 Å². The molecule has 0 aliphatic heterocycles. The fourth-order valence-corrected chi connectivity index (χ4v) is 7.27. The Morgan fingerprint density at radius 2 is 1.06 bits per heavy atom. The lowest BCUT2D eigenvalue weighted by atomic mass is 9.94. The van der Waals surface area contributed by atoms with Crippen LogP contribution in [0.2, 0.25) is 0 Å². The molecule has 47 heavy (non-hydrogen) atoms. The van der Waals surface area contributed by atoms with Crippen molar-refractivity contribution in [3.63, 3.8) is 0 Å². The highest BCUT2D eigenvalue weighted by Crippen LogP contribution is 2.41. The molecule has 0 aliphatic rings. The zero-order chi connectivity index (χ0) is 31.1. The minimum absolute atomic E-state index is 0.640. The van der Waals surface area contributed by atoms with Crippen LogP contribution in [0.15, 0.2) is 154 Å². The molecule has 0 fully saturated rings. The molecule has 4 heteroatoms. The van der Waals surface area contributed by atoms with Crippen molar-refractivity contribution in [3.8, 4) is 34.0 Å². The van der Waals surface area contributed by atoms with Gasteiger partial charge < -0.3 is 13.4 Å². The minimum atomic E-state index is 0.640. The van der Waals surface area contributed by atoms with E-state index in [-0.39, 0.29) is 0 Å². The van der Waals surface area contributed by atoms with Crippen molar-refractivity contribution in [2.24, 2.45) is 0 Å². The zero-order valence-corrected chi connectivity index (χ0v) is 25.1. The monoisotopic (exact) mass is 600 g/mol. The van der Waals surface area contributed by atoms with E-state index in [9.17, 15) is 5.26 Å². The predicted octanol–water partition coefficient (Wildman–Crippen LogP) is 11.8. The van der Waals surface area contributed by atoms with E-state index in [1.165, 1.54) is 0 Å². The molecule has 0 N–H and O–H groups in total. The molecule has 0 spiro atoms. The maximum absolute atomic E-state index is 10.1. The van der Waals surface area contributed by atoms with Gasteiger partial charge in [0.2, 0.25) is 0 Å². The van der Waals surface area contributed by atoms with Crippen LogP contribution in [0.1, 0.15) is 5.56 Å². The van der Waals surface area contributed by atoms with Crippen LogP contribution < -0.4 is 0 Å². The van der Waals surface area contributed by atoms with Crippen LogP contribution >= 0.6 is 0 Å². The van der Waals surface area contributed by atoms with E-state index in [4.69, 9.17) is 8.83 Å². The van der Waals surface area contributed by atoms with Crippen molar-refractivity contribution < 1.29 is 8.83 Å². The first-order valence-electron chi connectivity index (χ1n) is 15.6. The van der Waals surface area contributed by atoms with E-state index in [1.54, 1.807) is 0 Å². The Kier molecular flexibility index (Phi) is 5.32. The molecular weight excluding hydrogens is 576 g/mol. The third-order valence-electron chi connectivity index (χ3n) is 9.42. The Hall–Kier alpha value is -6.57. The van der Waals surface area contributed by atoms with Crippen LogP contribution in [0.5, 0.6) is 0 Å². The Bertz CT molecular complexity index is 2930. The normalized spacial score (nSPS) is 11.8. The molecule has 0 radical (unpaired) electrons. The van der Waals surface area contributed by atoms with Crippen LogP contribution in [-0.4, -0.2) is 4.57 Å². The maximum atomic E-state index is 10.1. The van der Waals surface area contributed by atoms with Gasteiger partial charge in [0, 0.05) is 38.0 Å². The van der Waals surface area contributed by atoms with Crippen LogP contribution in [0, 0.1) is 11.3 Å². The summed E-state index contributed by atoms with van der Waals surface area (Å²) in [6, 6.07) is 52.6. The lowest BCUT2D eigenvalue weighted by Crippen LogP contribution is -1.96. The number of hydrogen-bond donors (Lipinski definition) is 0. The summed E-state index contributed by atoms with van der Waals surface area (Å²) in [7, 11) is 0.